The maximum absolute atomic E-state index is 10.4. The summed E-state index contributed by atoms with van der Waals surface area (Å²) >= 11 is 0. The standard InChI is InChI=1S/C9H15N3O3/c1-3-8-11-10-6(2)12(8)5-4-7(13)9(14)15/h7,13H,3-5H2,1-2H3,(H,14,15). The minimum absolute atomic E-state index is 0.168. The SMILES string of the molecule is CCc1nnc(C)n1CCC(O)C(=O)O. The number of aromatic nitrogens is 3. The normalized spacial score (nSPS) is 12.7. The number of aliphatic hydroxyl groups excluding tert-OH is 1. The highest BCUT2D eigenvalue weighted by molar-refractivity contribution is 5.71. The van der Waals surface area contributed by atoms with Gasteiger partial charge in [-0.1, -0.05) is 6.92 Å². The molecule has 0 bridgehead atoms. The summed E-state index contributed by atoms with van der Waals surface area (Å²) in [4.78, 5) is 10.4. The lowest BCUT2D eigenvalue weighted by Gasteiger charge is -2.09. The molecule has 2 N–H and O–H groups in total. The van der Waals surface area contributed by atoms with Gasteiger partial charge >= 0.3 is 5.97 Å². The predicted octanol–water partition coefficient (Wildman–Crippen LogP) is -0.0155. The molecule has 0 aliphatic heterocycles. The van der Waals surface area contributed by atoms with Crippen molar-refractivity contribution in [3.05, 3.63) is 11.6 Å². The molecule has 1 heterocycles. The molecule has 0 aliphatic rings. The molecule has 0 amide bonds. The van der Waals surface area contributed by atoms with E-state index in [0.29, 0.717) is 6.54 Å². The Bertz CT molecular complexity index is 348. The molecule has 15 heavy (non-hydrogen) atoms. The summed E-state index contributed by atoms with van der Waals surface area (Å²) in [6.07, 6.45) is -0.415. The first-order chi connectivity index (χ1) is 7.06. The van der Waals surface area contributed by atoms with Crippen LogP contribution < -0.4 is 0 Å². The Kier molecular flexibility index (Phi) is 3.79. The van der Waals surface area contributed by atoms with Gasteiger partial charge in [-0.05, 0) is 6.92 Å². The Morgan fingerprint density at radius 1 is 1.53 bits per heavy atom. The molecule has 0 radical (unpaired) electrons. The van der Waals surface area contributed by atoms with Crippen LogP contribution in [0, 0.1) is 6.92 Å². The molecule has 0 spiro atoms. The number of carbonyl (C=O) groups is 1. The van der Waals surface area contributed by atoms with Crippen LogP contribution in [0.25, 0.3) is 0 Å². The molecule has 0 aliphatic carbocycles. The van der Waals surface area contributed by atoms with Crippen molar-refractivity contribution in [2.45, 2.75) is 39.3 Å². The molecule has 6 heteroatoms. The number of nitrogens with zero attached hydrogens (tertiary/aromatic N) is 3. The van der Waals surface area contributed by atoms with Crippen LogP contribution in [-0.2, 0) is 17.8 Å². The Hall–Kier alpha value is -1.43. The summed E-state index contributed by atoms with van der Waals surface area (Å²) in [6.45, 7) is 4.18. The van der Waals surface area contributed by atoms with E-state index < -0.39 is 12.1 Å². The van der Waals surface area contributed by atoms with Crippen molar-refractivity contribution in [1.82, 2.24) is 14.8 Å². The molecule has 1 aromatic heterocycles. The largest absolute Gasteiger partial charge is 0.479 e. The number of aliphatic hydroxyl groups is 1. The van der Waals surface area contributed by atoms with Gasteiger partial charge < -0.3 is 14.8 Å². The third kappa shape index (κ3) is 2.76. The van der Waals surface area contributed by atoms with Gasteiger partial charge in [0.25, 0.3) is 0 Å². The molecular weight excluding hydrogens is 198 g/mol. The number of rotatable bonds is 5. The van der Waals surface area contributed by atoms with Crippen molar-refractivity contribution < 1.29 is 15.0 Å². The molecule has 1 atom stereocenters. The summed E-state index contributed by atoms with van der Waals surface area (Å²) in [5.74, 6) is 0.355. The van der Waals surface area contributed by atoms with Gasteiger partial charge in [0.1, 0.15) is 11.6 Å². The summed E-state index contributed by atoms with van der Waals surface area (Å²) in [6, 6.07) is 0. The molecule has 0 aromatic carbocycles. The molecule has 84 valence electrons. The highest BCUT2D eigenvalue weighted by Crippen LogP contribution is 2.05. The van der Waals surface area contributed by atoms with Crippen molar-refractivity contribution in [2.24, 2.45) is 0 Å². The van der Waals surface area contributed by atoms with E-state index in [0.717, 1.165) is 18.1 Å². The third-order valence-corrected chi connectivity index (χ3v) is 2.24. The van der Waals surface area contributed by atoms with Crippen LogP contribution in [0.4, 0.5) is 0 Å². The quantitative estimate of drug-likeness (QED) is 0.717. The number of carboxylic acid groups (broad SMARTS) is 1. The number of carboxylic acids is 1. The van der Waals surface area contributed by atoms with Crippen LogP contribution in [0.15, 0.2) is 0 Å². The summed E-state index contributed by atoms with van der Waals surface area (Å²) in [5, 5.41) is 25.5. The third-order valence-electron chi connectivity index (χ3n) is 2.24. The van der Waals surface area contributed by atoms with Gasteiger partial charge in [-0.15, -0.1) is 10.2 Å². The summed E-state index contributed by atoms with van der Waals surface area (Å²) in [7, 11) is 0. The molecule has 1 unspecified atom stereocenters. The average Bonchev–Trinajstić information content (AvgIpc) is 2.55. The molecule has 0 fully saturated rings. The first-order valence-electron chi connectivity index (χ1n) is 4.85. The van der Waals surface area contributed by atoms with E-state index in [9.17, 15) is 4.79 Å². The van der Waals surface area contributed by atoms with E-state index >= 15 is 0 Å². The minimum Gasteiger partial charge on any atom is -0.479 e. The highest BCUT2D eigenvalue weighted by atomic mass is 16.4. The average molecular weight is 213 g/mol. The van der Waals surface area contributed by atoms with Gasteiger partial charge in [0.2, 0.25) is 0 Å². The molecule has 0 saturated carbocycles. The Balaban J connectivity index is 2.64. The van der Waals surface area contributed by atoms with E-state index in [1.807, 2.05) is 11.5 Å². The molecule has 1 rings (SSSR count). The van der Waals surface area contributed by atoms with E-state index in [1.165, 1.54) is 0 Å². The van der Waals surface area contributed by atoms with Crippen LogP contribution >= 0.6 is 0 Å². The first kappa shape index (κ1) is 11.6. The van der Waals surface area contributed by atoms with Gasteiger partial charge in [-0.3, -0.25) is 0 Å². The van der Waals surface area contributed by atoms with Crippen molar-refractivity contribution in [3.8, 4) is 0 Å². The first-order valence-corrected chi connectivity index (χ1v) is 4.85. The smallest absolute Gasteiger partial charge is 0.332 e. The van der Waals surface area contributed by atoms with Gasteiger partial charge in [0.15, 0.2) is 6.10 Å². The lowest BCUT2D eigenvalue weighted by molar-refractivity contribution is -0.147. The monoisotopic (exact) mass is 213 g/mol. The van der Waals surface area contributed by atoms with Crippen LogP contribution in [0.2, 0.25) is 0 Å². The van der Waals surface area contributed by atoms with Crippen LogP contribution in [-0.4, -0.2) is 37.1 Å². The van der Waals surface area contributed by atoms with E-state index in [4.69, 9.17) is 10.2 Å². The van der Waals surface area contributed by atoms with Crippen molar-refractivity contribution in [3.63, 3.8) is 0 Å². The minimum atomic E-state index is -1.32. The van der Waals surface area contributed by atoms with Gasteiger partial charge in [-0.2, -0.15) is 0 Å². The number of aliphatic carboxylic acids is 1. The highest BCUT2D eigenvalue weighted by Gasteiger charge is 2.14. The predicted molar refractivity (Wildman–Crippen MR) is 52.4 cm³/mol. The second-order valence-corrected chi connectivity index (χ2v) is 3.31. The fraction of sp³-hybridized carbons (Fsp3) is 0.667. The Labute approximate surface area is 87.6 Å². The molecule has 6 nitrogen and oxygen atoms in total. The Morgan fingerprint density at radius 3 is 2.73 bits per heavy atom. The van der Waals surface area contributed by atoms with Gasteiger partial charge in [0, 0.05) is 19.4 Å². The number of aryl methyl sites for hydroxylation is 2. The van der Waals surface area contributed by atoms with E-state index in [-0.39, 0.29) is 6.42 Å². The zero-order chi connectivity index (χ0) is 11.4. The topological polar surface area (TPSA) is 88.2 Å². The lowest BCUT2D eigenvalue weighted by Crippen LogP contribution is -2.22. The fourth-order valence-electron chi connectivity index (χ4n) is 1.35. The van der Waals surface area contributed by atoms with Crippen LogP contribution in [0.1, 0.15) is 25.0 Å². The number of hydrogen-bond donors (Lipinski definition) is 2. The summed E-state index contributed by atoms with van der Waals surface area (Å²) < 4.78 is 1.83. The van der Waals surface area contributed by atoms with Crippen molar-refractivity contribution >= 4 is 5.97 Å². The fourth-order valence-corrected chi connectivity index (χ4v) is 1.35. The maximum Gasteiger partial charge on any atom is 0.332 e. The molecule has 0 saturated heterocycles. The van der Waals surface area contributed by atoms with Crippen molar-refractivity contribution in [2.75, 3.05) is 0 Å². The number of hydrogen-bond acceptors (Lipinski definition) is 4. The molecular formula is C9H15N3O3. The van der Waals surface area contributed by atoms with Crippen molar-refractivity contribution in [1.29, 1.82) is 0 Å². The second-order valence-electron chi connectivity index (χ2n) is 3.31. The summed E-state index contributed by atoms with van der Waals surface area (Å²) in [5.41, 5.74) is 0. The Morgan fingerprint density at radius 2 is 2.20 bits per heavy atom. The van der Waals surface area contributed by atoms with E-state index in [1.54, 1.807) is 6.92 Å². The van der Waals surface area contributed by atoms with Gasteiger partial charge in [0.05, 0.1) is 0 Å². The zero-order valence-corrected chi connectivity index (χ0v) is 8.84. The lowest BCUT2D eigenvalue weighted by atomic mass is 10.2. The van der Waals surface area contributed by atoms with E-state index in [2.05, 4.69) is 10.2 Å². The van der Waals surface area contributed by atoms with Crippen LogP contribution in [0.5, 0.6) is 0 Å². The zero-order valence-electron chi connectivity index (χ0n) is 8.84. The second kappa shape index (κ2) is 4.88. The van der Waals surface area contributed by atoms with Crippen LogP contribution in [0.3, 0.4) is 0 Å². The van der Waals surface area contributed by atoms with Gasteiger partial charge in [-0.25, -0.2) is 4.79 Å². The maximum atomic E-state index is 10.4. The molecule has 1 aromatic rings.